The number of hydrogen-bond acceptors (Lipinski definition) is 5. The zero-order valence-electron chi connectivity index (χ0n) is 20.7. The number of hydrogen-bond donors (Lipinski definition) is 1. The average Bonchev–Trinajstić information content (AvgIpc) is 3.44. The van der Waals surface area contributed by atoms with Gasteiger partial charge in [-0.2, -0.15) is 0 Å². The van der Waals surface area contributed by atoms with Crippen LogP contribution < -0.4 is 15.0 Å². The summed E-state index contributed by atoms with van der Waals surface area (Å²) >= 11 is 6.24. The van der Waals surface area contributed by atoms with E-state index in [-0.39, 0.29) is 17.6 Å². The lowest BCUT2D eigenvalue weighted by Crippen LogP contribution is -2.38. The standard InChI is InChI=1S/C31H25ClN2O4/c1-37-23-14-10-20(11-15-23)31(36)34-26-6-3-2-5-24(26)33-25-17-21(28-7-4-16-38-28)18-27(35)29(25)30(34)19-8-12-22(32)13-9-19/h2-16,21,30,33H,17-18H2,1H3/t21-,30+/m0/s1. The van der Waals surface area contributed by atoms with Gasteiger partial charge in [0.1, 0.15) is 11.5 Å². The summed E-state index contributed by atoms with van der Waals surface area (Å²) in [5.74, 6) is 1.09. The smallest absolute Gasteiger partial charge is 0.259 e. The van der Waals surface area contributed by atoms with Gasteiger partial charge in [0.25, 0.3) is 5.91 Å². The van der Waals surface area contributed by atoms with Crippen LogP contribution in [0.2, 0.25) is 5.02 Å². The van der Waals surface area contributed by atoms with Crippen molar-refractivity contribution in [2.45, 2.75) is 24.8 Å². The maximum absolute atomic E-state index is 14.3. The van der Waals surface area contributed by atoms with Crippen LogP contribution in [0.1, 0.15) is 46.5 Å². The molecule has 1 aliphatic carbocycles. The molecule has 1 amide bonds. The zero-order chi connectivity index (χ0) is 26.2. The summed E-state index contributed by atoms with van der Waals surface area (Å²) in [7, 11) is 1.59. The van der Waals surface area contributed by atoms with Crippen molar-refractivity contribution in [1.29, 1.82) is 0 Å². The number of para-hydroxylation sites is 2. The van der Waals surface area contributed by atoms with Crippen molar-refractivity contribution in [1.82, 2.24) is 0 Å². The number of methoxy groups -OCH3 is 1. The number of furan rings is 1. The molecule has 1 aliphatic heterocycles. The highest BCUT2D eigenvalue weighted by atomic mass is 35.5. The Labute approximate surface area is 225 Å². The van der Waals surface area contributed by atoms with E-state index in [1.165, 1.54) is 0 Å². The molecule has 0 spiro atoms. The van der Waals surface area contributed by atoms with Gasteiger partial charge in [-0.15, -0.1) is 0 Å². The van der Waals surface area contributed by atoms with Crippen LogP contribution in [-0.2, 0) is 4.79 Å². The minimum absolute atomic E-state index is 0.0274. The number of halogens is 1. The van der Waals surface area contributed by atoms with Gasteiger partial charge < -0.3 is 14.5 Å². The summed E-state index contributed by atoms with van der Waals surface area (Å²) in [5, 5.41) is 4.11. The molecule has 0 unspecified atom stereocenters. The number of rotatable bonds is 4. The Hall–Kier alpha value is -4.29. The van der Waals surface area contributed by atoms with Crippen LogP contribution in [0.5, 0.6) is 5.75 Å². The molecule has 4 aromatic rings. The van der Waals surface area contributed by atoms with E-state index < -0.39 is 6.04 Å². The van der Waals surface area contributed by atoms with Crippen LogP contribution >= 0.6 is 11.6 Å². The normalized spacial score (nSPS) is 18.8. The van der Waals surface area contributed by atoms with Gasteiger partial charge >= 0.3 is 0 Å². The topological polar surface area (TPSA) is 71.8 Å². The third-order valence-electron chi connectivity index (χ3n) is 7.18. The SMILES string of the molecule is COc1ccc(C(=O)N2c3ccccc3NC3=C(C(=O)C[C@@H](c4ccco4)C3)[C@H]2c2ccc(Cl)cc2)cc1. The monoisotopic (exact) mass is 524 g/mol. The van der Waals surface area contributed by atoms with Crippen molar-refractivity contribution in [3.05, 3.63) is 124 Å². The molecule has 190 valence electrons. The Morgan fingerprint density at radius 1 is 0.974 bits per heavy atom. The Kier molecular flexibility index (Phi) is 6.26. The van der Waals surface area contributed by atoms with Crippen molar-refractivity contribution in [2.24, 2.45) is 0 Å². The molecule has 38 heavy (non-hydrogen) atoms. The predicted octanol–water partition coefficient (Wildman–Crippen LogP) is 7.16. The molecule has 2 atom stereocenters. The van der Waals surface area contributed by atoms with Crippen LogP contribution in [0.25, 0.3) is 0 Å². The zero-order valence-corrected chi connectivity index (χ0v) is 21.4. The van der Waals surface area contributed by atoms with Gasteiger partial charge in [0.2, 0.25) is 0 Å². The van der Waals surface area contributed by atoms with Crippen LogP contribution in [0.15, 0.2) is 107 Å². The highest BCUT2D eigenvalue weighted by Crippen LogP contribution is 2.48. The molecule has 7 heteroatoms. The molecular formula is C31H25ClN2O4. The summed E-state index contributed by atoms with van der Waals surface area (Å²) in [6.07, 6.45) is 2.50. The number of carbonyl (C=O) groups is 2. The fourth-order valence-corrected chi connectivity index (χ4v) is 5.50. The van der Waals surface area contributed by atoms with Crippen LogP contribution in [0.4, 0.5) is 11.4 Å². The van der Waals surface area contributed by atoms with Crippen LogP contribution in [0, 0.1) is 0 Å². The first kappa shape index (κ1) is 24.1. The second kappa shape index (κ2) is 9.88. The number of anilines is 2. The van der Waals surface area contributed by atoms with E-state index in [9.17, 15) is 9.59 Å². The second-order valence-corrected chi connectivity index (χ2v) is 9.87. The lowest BCUT2D eigenvalue weighted by molar-refractivity contribution is -0.116. The molecule has 3 aromatic carbocycles. The minimum Gasteiger partial charge on any atom is -0.497 e. The summed E-state index contributed by atoms with van der Waals surface area (Å²) in [4.78, 5) is 30.0. The average molecular weight is 525 g/mol. The minimum atomic E-state index is -0.655. The molecule has 6 rings (SSSR count). The summed E-state index contributed by atoms with van der Waals surface area (Å²) in [6, 6.07) is 25.1. The van der Waals surface area contributed by atoms with Crippen molar-refractivity contribution in [2.75, 3.05) is 17.3 Å². The maximum atomic E-state index is 14.3. The van der Waals surface area contributed by atoms with Gasteiger partial charge in [-0.1, -0.05) is 35.9 Å². The molecule has 2 aliphatic rings. The molecule has 0 bridgehead atoms. The second-order valence-electron chi connectivity index (χ2n) is 9.44. The van der Waals surface area contributed by atoms with Crippen molar-refractivity contribution < 1.29 is 18.7 Å². The summed E-state index contributed by atoms with van der Waals surface area (Å²) in [6.45, 7) is 0. The maximum Gasteiger partial charge on any atom is 0.259 e. The van der Waals surface area contributed by atoms with E-state index in [0.29, 0.717) is 40.4 Å². The van der Waals surface area contributed by atoms with E-state index in [0.717, 1.165) is 22.7 Å². The number of allylic oxidation sites excluding steroid dienone is 1. The largest absolute Gasteiger partial charge is 0.497 e. The van der Waals surface area contributed by atoms with Gasteiger partial charge in [-0.3, -0.25) is 14.5 Å². The molecule has 6 nitrogen and oxygen atoms in total. The number of fused-ring (bicyclic) bond motifs is 1. The molecule has 0 saturated heterocycles. The molecule has 1 N–H and O–H groups in total. The number of carbonyl (C=O) groups excluding carboxylic acids is 2. The highest BCUT2D eigenvalue weighted by molar-refractivity contribution is 6.30. The highest BCUT2D eigenvalue weighted by Gasteiger charge is 2.42. The molecule has 0 fully saturated rings. The first-order valence-electron chi connectivity index (χ1n) is 12.4. The summed E-state index contributed by atoms with van der Waals surface area (Å²) in [5.41, 5.74) is 4.09. The molecule has 1 aromatic heterocycles. The number of ether oxygens (including phenoxy) is 1. The predicted molar refractivity (Wildman–Crippen MR) is 147 cm³/mol. The van der Waals surface area contributed by atoms with Crippen LogP contribution in [-0.4, -0.2) is 18.8 Å². The van der Waals surface area contributed by atoms with Crippen molar-refractivity contribution in [3.63, 3.8) is 0 Å². The van der Waals surface area contributed by atoms with Gasteiger partial charge in [0.05, 0.1) is 30.8 Å². The Morgan fingerprint density at radius 2 is 1.74 bits per heavy atom. The third-order valence-corrected chi connectivity index (χ3v) is 7.43. The number of ketones is 1. The number of nitrogens with one attached hydrogen (secondary N) is 1. The van der Waals surface area contributed by atoms with Gasteiger partial charge in [-0.25, -0.2) is 0 Å². The number of benzene rings is 3. The fourth-order valence-electron chi connectivity index (χ4n) is 5.37. The van der Waals surface area contributed by atoms with Gasteiger partial charge in [0.15, 0.2) is 5.78 Å². The number of amides is 1. The first-order valence-corrected chi connectivity index (χ1v) is 12.8. The fraction of sp³-hybridized carbons (Fsp3) is 0.161. The van der Waals surface area contributed by atoms with Crippen molar-refractivity contribution >= 4 is 34.7 Å². The number of Topliss-reactive ketones (excluding diaryl/α,β-unsaturated/α-hetero) is 1. The number of nitrogens with zero attached hydrogens (tertiary/aromatic N) is 1. The van der Waals surface area contributed by atoms with Crippen LogP contribution in [0.3, 0.4) is 0 Å². The Bertz CT molecular complexity index is 1530. The molecule has 0 saturated carbocycles. The lowest BCUT2D eigenvalue weighted by Gasteiger charge is -2.35. The first-order chi connectivity index (χ1) is 18.5. The van der Waals surface area contributed by atoms with Crippen molar-refractivity contribution in [3.8, 4) is 5.75 Å². The Balaban J connectivity index is 1.55. The van der Waals surface area contributed by atoms with E-state index in [4.69, 9.17) is 20.8 Å². The van der Waals surface area contributed by atoms with E-state index >= 15 is 0 Å². The molecular weight excluding hydrogens is 500 g/mol. The van der Waals surface area contributed by atoms with Gasteiger partial charge in [0, 0.05) is 34.2 Å². The lowest BCUT2D eigenvalue weighted by atomic mass is 9.80. The molecule has 2 heterocycles. The van der Waals surface area contributed by atoms with Gasteiger partial charge in [-0.05, 0) is 72.6 Å². The van der Waals surface area contributed by atoms with E-state index in [1.54, 1.807) is 54.7 Å². The van der Waals surface area contributed by atoms with E-state index in [2.05, 4.69) is 5.32 Å². The quantitative estimate of drug-likeness (QED) is 0.307. The Morgan fingerprint density at radius 3 is 2.45 bits per heavy atom. The van der Waals surface area contributed by atoms with E-state index in [1.807, 2.05) is 48.5 Å². The molecule has 0 radical (unpaired) electrons. The third kappa shape index (κ3) is 4.27. The summed E-state index contributed by atoms with van der Waals surface area (Å²) < 4.78 is 11.0.